The summed E-state index contributed by atoms with van der Waals surface area (Å²) in [6, 6.07) is 8.23. The van der Waals surface area contributed by atoms with Gasteiger partial charge in [0.2, 0.25) is 5.91 Å². The topological polar surface area (TPSA) is 66.7 Å². The summed E-state index contributed by atoms with van der Waals surface area (Å²) in [6.45, 7) is 4.83. The number of rotatable bonds is 4. The third kappa shape index (κ3) is 3.59. The van der Waals surface area contributed by atoms with Gasteiger partial charge in [-0.05, 0) is 49.7 Å². The zero-order valence-corrected chi connectivity index (χ0v) is 19.8. The zero-order valence-electron chi connectivity index (χ0n) is 19.0. The molecular formula is C24H28N6O2S. The summed E-state index contributed by atoms with van der Waals surface area (Å²) in [4.78, 5) is 25.8. The highest BCUT2D eigenvalue weighted by molar-refractivity contribution is 7.17. The molecule has 2 aromatic heterocycles. The molecule has 5 heterocycles. The quantitative estimate of drug-likeness (QED) is 0.592. The number of carbonyl (C=O) groups is 1. The normalized spacial score (nSPS) is 19.9. The van der Waals surface area contributed by atoms with Crippen molar-refractivity contribution in [1.29, 1.82) is 0 Å². The van der Waals surface area contributed by atoms with Crippen molar-refractivity contribution in [2.24, 2.45) is 5.92 Å². The van der Waals surface area contributed by atoms with E-state index in [1.165, 1.54) is 26.6 Å². The van der Waals surface area contributed by atoms with Gasteiger partial charge < -0.3 is 19.4 Å². The molecule has 1 unspecified atom stereocenters. The number of methoxy groups -OCH3 is 1. The van der Waals surface area contributed by atoms with Crippen molar-refractivity contribution in [3.05, 3.63) is 46.6 Å². The summed E-state index contributed by atoms with van der Waals surface area (Å²) >= 11 is 1.82. The first-order chi connectivity index (χ1) is 16.1. The fourth-order valence-corrected chi connectivity index (χ4v) is 6.63. The summed E-state index contributed by atoms with van der Waals surface area (Å²) in [5, 5.41) is 5.73. The number of nitrogens with zero attached hydrogens (tertiary/aromatic N) is 6. The molecule has 0 N–H and O–H groups in total. The average Bonchev–Trinajstić information content (AvgIpc) is 3.56. The molecular weight excluding hydrogens is 436 g/mol. The summed E-state index contributed by atoms with van der Waals surface area (Å²) in [5.41, 5.74) is 3.77. The van der Waals surface area contributed by atoms with E-state index in [4.69, 9.17) is 4.74 Å². The predicted octanol–water partition coefficient (Wildman–Crippen LogP) is 2.83. The van der Waals surface area contributed by atoms with Crippen LogP contribution in [0.4, 0.5) is 5.00 Å². The minimum atomic E-state index is 0.140. The van der Waals surface area contributed by atoms with E-state index in [2.05, 4.69) is 44.0 Å². The van der Waals surface area contributed by atoms with Gasteiger partial charge in [0.1, 0.15) is 23.7 Å². The van der Waals surface area contributed by atoms with Crippen LogP contribution in [0.15, 0.2) is 30.6 Å². The van der Waals surface area contributed by atoms with Crippen LogP contribution in [0.2, 0.25) is 0 Å². The van der Waals surface area contributed by atoms with Crippen molar-refractivity contribution < 1.29 is 9.53 Å². The first-order valence-corrected chi connectivity index (χ1v) is 12.3. The molecule has 0 radical (unpaired) electrons. The van der Waals surface area contributed by atoms with Crippen LogP contribution in [0, 0.1) is 5.92 Å². The molecule has 1 saturated heterocycles. The van der Waals surface area contributed by atoms with Crippen LogP contribution >= 0.6 is 11.3 Å². The van der Waals surface area contributed by atoms with E-state index in [9.17, 15) is 4.79 Å². The van der Waals surface area contributed by atoms with Crippen molar-refractivity contribution in [3.8, 4) is 17.1 Å². The van der Waals surface area contributed by atoms with E-state index in [1.807, 2.05) is 28.2 Å². The molecule has 172 valence electrons. The zero-order chi connectivity index (χ0) is 22.5. The lowest BCUT2D eigenvalue weighted by atomic mass is 9.99. The maximum absolute atomic E-state index is 13.2. The molecule has 3 aromatic rings. The maximum atomic E-state index is 13.2. The number of likely N-dealkylation sites (tertiary alicyclic amines) is 1. The summed E-state index contributed by atoms with van der Waals surface area (Å²) in [5.74, 6) is 2.27. The second-order valence-corrected chi connectivity index (χ2v) is 10.3. The molecule has 0 saturated carbocycles. The maximum Gasteiger partial charge on any atom is 0.227 e. The number of fused-ring (bicyclic) bond motifs is 5. The average molecular weight is 465 g/mol. The minimum Gasteiger partial charge on any atom is -0.497 e. The number of anilines is 1. The highest BCUT2D eigenvalue weighted by Crippen LogP contribution is 2.47. The number of hydrogen-bond acceptors (Lipinski definition) is 7. The molecule has 1 atom stereocenters. The molecule has 1 aromatic carbocycles. The molecule has 0 bridgehead atoms. The van der Waals surface area contributed by atoms with Gasteiger partial charge in [-0.25, -0.2) is 9.67 Å². The third-order valence-electron chi connectivity index (χ3n) is 7.05. The summed E-state index contributed by atoms with van der Waals surface area (Å²) in [7, 11) is 3.79. The van der Waals surface area contributed by atoms with E-state index in [0.29, 0.717) is 19.1 Å². The molecule has 8 nitrogen and oxygen atoms in total. The van der Waals surface area contributed by atoms with Gasteiger partial charge >= 0.3 is 0 Å². The van der Waals surface area contributed by atoms with E-state index < -0.39 is 0 Å². The standard InChI is InChI=1S/C24H28N6O2S/c1-27-9-7-17(12-27)23(31)28-10-8-19-20(13-28)33-24-21(19)22-25-14-26-30(22)15-29(24)11-16-3-5-18(32-2)6-4-16/h3-6,14,17H,7-13,15H2,1-2H3. The van der Waals surface area contributed by atoms with E-state index in [-0.39, 0.29) is 5.92 Å². The monoisotopic (exact) mass is 464 g/mol. The number of thiophene rings is 1. The number of aromatic nitrogens is 3. The number of benzene rings is 1. The van der Waals surface area contributed by atoms with Crippen molar-refractivity contribution in [3.63, 3.8) is 0 Å². The highest BCUT2D eigenvalue weighted by Gasteiger charge is 2.36. The highest BCUT2D eigenvalue weighted by atomic mass is 32.1. The minimum absolute atomic E-state index is 0.140. The Kier molecular flexibility index (Phi) is 5.10. The third-order valence-corrected chi connectivity index (χ3v) is 8.33. The molecule has 0 spiro atoms. The van der Waals surface area contributed by atoms with Crippen molar-refractivity contribution in [2.75, 3.05) is 38.7 Å². The predicted molar refractivity (Wildman–Crippen MR) is 127 cm³/mol. The number of ether oxygens (including phenoxy) is 1. The van der Waals surface area contributed by atoms with Gasteiger partial charge in [0.15, 0.2) is 5.82 Å². The van der Waals surface area contributed by atoms with E-state index >= 15 is 0 Å². The molecule has 3 aliphatic rings. The lowest BCUT2D eigenvalue weighted by Gasteiger charge is -2.30. The van der Waals surface area contributed by atoms with Crippen LogP contribution in [0.5, 0.6) is 5.75 Å². The van der Waals surface area contributed by atoms with Crippen LogP contribution in [-0.2, 0) is 31.0 Å². The summed E-state index contributed by atoms with van der Waals surface area (Å²) < 4.78 is 7.30. The molecule has 1 amide bonds. The largest absolute Gasteiger partial charge is 0.497 e. The molecule has 9 heteroatoms. The SMILES string of the molecule is COc1ccc(CN2Cn3ncnc3-c3c2sc2c3CCN(C(=O)C3CCN(C)C3)C2)cc1. The van der Waals surface area contributed by atoms with Gasteiger partial charge in [-0.15, -0.1) is 11.3 Å². The van der Waals surface area contributed by atoms with Crippen molar-refractivity contribution in [2.45, 2.75) is 32.6 Å². The van der Waals surface area contributed by atoms with Crippen molar-refractivity contribution >= 4 is 22.2 Å². The van der Waals surface area contributed by atoms with Crippen LogP contribution in [0.25, 0.3) is 11.4 Å². The lowest BCUT2D eigenvalue weighted by Crippen LogP contribution is -2.40. The van der Waals surface area contributed by atoms with Gasteiger partial charge in [-0.3, -0.25) is 4.79 Å². The fourth-order valence-electron chi connectivity index (χ4n) is 5.29. The van der Waals surface area contributed by atoms with Crippen molar-refractivity contribution in [1.82, 2.24) is 24.6 Å². The number of amides is 1. The smallest absolute Gasteiger partial charge is 0.227 e. The Labute approximate surface area is 197 Å². The summed E-state index contributed by atoms with van der Waals surface area (Å²) in [6.07, 6.45) is 3.49. The Morgan fingerprint density at radius 2 is 2.09 bits per heavy atom. The van der Waals surface area contributed by atoms with Crippen LogP contribution < -0.4 is 9.64 Å². The van der Waals surface area contributed by atoms with Gasteiger partial charge in [0.05, 0.1) is 25.1 Å². The molecule has 6 rings (SSSR count). The fraction of sp³-hybridized carbons (Fsp3) is 0.458. The van der Waals surface area contributed by atoms with E-state index in [0.717, 1.165) is 50.6 Å². The van der Waals surface area contributed by atoms with Crippen LogP contribution in [-0.4, -0.2) is 64.3 Å². The van der Waals surface area contributed by atoms with Crippen LogP contribution in [0.1, 0.15) is 22.4 Å². The Balaban J connectivity index is 1.30. The second-order valence-electron chi connectivity index (χ2n) is 9.21. The first-order valence-electron chi connectivity index (χ1n) is 11.5. The first kappa shape index (κ1) is 20.7. The van der Waals surface area contributed by atoms with Gasteiger partial charge in [-0.1, -0.05) is 12.1 Å². The Morgan fingerprint density at radius 3 is 2.85 bits per heavy atom. The molecule has 0 aliphatic carbocycles. The molecule has 1 fully saturated rings. The molecule has 33 heavy (non-hydrogen) atoms. The Bertz CT molecular complexity index is 1190. The molecule has 3 aliphatic heterocycles. The second kappa shape index (κ2) is 8.14. The lowest BCUT2D eigenvalue weighted by molar-refractivity contribution is -0.136. The van der Waals surface area contributed by atoms with Gasteiger partial charge in [0.25, 0.3) is 0 Å². The Morgan fingerprint density at radius 1 is 1.24 bits per heavy atom. The van der Waals surface area contributed by atoms with Gasteiger partial charge in [-0.2, -0.15) is 5.10 Å². The van der Waals surface area contributed by atoms with Gasteiger partial charge in [0, 0.05) is 24.5 Å². The number of carbonyl (C=O) groups excluding carboxylic acids is 1. The number of hydrogen-bond donors (Lipinski definition) is 0. The Hall–Kier alpha value is -2.91. The van der Waals surface area contributed by atoms with Crippen LogP contribution in [0.3, 0.4) is 0 Å². The van der Waals surface area contributed by atoms with E-state index in [1.54, 1.807) is 13.4 Å².